The van der Waals surface area contributed by atoms with E-state index in [1.165, 1.54) is 6.08 Å². The smallest absolute Gasteiger partial charge is 0.348 e. The van der Waals surface area contributed by atoms with E-state index in [1.807, 2.05) is 30.3 Å². The maximum Gasteiger partial charge on any atom is 0.348 e. The fourth-order valence-corrected chi connectivity index (χ4v) is 2.29. The molecule has 2 N–H and O–H groups in total. The summed E-state index contributed by atoms with van der Waals surface area (Å²) >= 11 is 0. The number of rotatable bonds is 5. The first-order valence-electron chi connectivity index (χ1n) is 7.38. The first-order valence-corrected chi connectivity index (χ1v) is 7.38. The number of nitrogens with zero attached hydrogens (tertiary/aromatic N) is 2. The average molecular weight is 323 g/mol. The molecular formula is C18H17N3O3. The summed E-state index contributed by atoms with van der Waals surface area (Å²) in [4.78, 5) is 24.6. The fraction of sp³-hybridized carbons (Fsp3) is 0.167. The molecule has 0 atom stereocenters. The van der Waals surface area contributed by atoms with Gasteiger partial charge in [0.05, 0.1) is 6.61 Å². The van der Waals surface area contributed by atoms with Crippen LogP contribution in [0.1, 0.15) is 12.5 Å². The number of fused-ring (bicyclic) bond motifs is 1. The van der Waals surface area contributed by atoms with Gasteiger partial charge in [-0.15, -0.1) is 0 Å². The number of para-hydroxylation sites is 1. The quantitative estimate of drug-likeness (QED) is 0.507. The van der Waals surface area contributed by atoms with Gasteiger partial charge in [-0.25, -0.2) is 4.79 Å². The average Bonchev–Trinajstić information content (AvgIpc) is 2.57. The molecule has 6 nitrogen and oxygen atoms in total. The summed E-state index contributed by atoms with van der Waals surface area (Å²) in [6, 6.07) is 9.32. The van der Waals surface area contributed by atoms with Crippen LogP contribution in [0, 0.1) is 11.3 Å². The normalized spacial score (nSPS) is 14.9. The van der Waals surface area contributed by atoms with Crippen molar-refractivity contribution in [2.24, 2.45) is 5.73 Å². The van der Waals surface area contributed by atoms with E-state index in [-0.39, 0.29) is 18.7 Å². The van der Waals surface area contributed by atoms with Crippen LogP contribution in [0.3, 0.4) is 0 Å². The van der Waals surface area contributed by atoms with Crippen molar-refractivity contribution >= 4 is 23.1 Å². The van der Waals surface area contributed by atoms with Gasteiger partial charge in [0.25, 0.3) is 0 Å². The van der Waals surface area contributed by atoms with Crippen molar-refractivity contribution in [3.63, 3.8) is 0 Å². The van der Waals surface area contributed by atoms with Crippen LogP contribution >= 0.6 is 0 Å². The van der Waals surface area contributed by atoms with Gasteiger partial charge < -0.3 is 15.4 Å². The Labute approximate surface area is 140 Å². The number of hydrogen-bond donors (Lipinski definition) is 1. The third-order valence-corrected chi connectivity index (χ3v) is 3.33. The highest BCUT2D eigenvalue weighted by molar-refractivity contribution is 5.94. The van der Waals surface area contributed by atoms with Crippen molar-refractivity contribution in [2.45, 2.75) is 6.92 Å². The summed E-state index contributed by atoms with van der Waals surface area (Å²) in [7, 11) is 0. The van der Waals surface area contributed by atoms with Crippen molar-refractivity contribution in [3.05, 3.63) is 59.8 Å². The Hall–Kier alpha value is -3.33. The number of nitrogens with two attached hydrogens (primary N) is 1. The maximum absolute atomic E-state index is 11.6. The van der Waals surface area contributed by atoms with Crippen LogP contribution < -0.4 is 10.6 Å². The summed E-state index contributed by atoms with van der Waals surface area (Å²) in [5, 5.41) is 9.06. The number of hydrogen-bond acceptors (Lipinski definition) is 5. The van der Waals surface area contributed by atoms with E-state index in [0.29, 0.717) is 0 Å². The van der Waals surface area contributed by atoms with Gasteiger partial charge in [0, 0.05) is 17.5 Å². The van der Waals surface area contributed by atoms with Crippen LogP contribution in [0.2, 0.25) is 0 Å². The number of primary amides is 1. The molecule has 122 valence electrons. The topological polar surface area (TPSA) is 96.4 Å². The van der Waals surface area contributed by atoms with Crippen LogP contribution in [0.5, 0.6) is 0 Å². The second kappa shape index (κ2) is 7.79. The molecule has 0 radical (unpaired) electrons. The van der Waals surface area contributed by atoms with Crippen molar-refractivity contribution in [2.75, 3.05) is 18.1 Å². The number of anilines is 1. The Balaban J connectivity index is 2.37. The van der Waals surface area contributed by atoms with Crippen molar-refractivity contribution in [3.8, 4) is 6.07 Å². The van der Waals surface area contributed by atoms with E-state index in [2.05, 4.69) is 0 Å². The molecule has 2 rings (SSSR count). The Morgan fingerprint density at radius 3 is 2.79 bits per heavy atom. The van der Waals surface area contributed by atoms with Crippen molar-refractivity contribution < 1.29 is 14.3 Å². The van der Waals surface area contributed by atoms with Gasteiger partial charge in [0.1, 0.15) is 18.2 Å². The minimum atomic E-state index is -0.653. The molecule has 0 fully saturated rings. The molecule has 0 aliphatic carbocycles. The predicted octanol–water partition coefficient (Wildman–Crippen LogP) is 1.90. The monoisotopic (exact) mass is 323 g/mol. The van der Waals surface area contributed by atoms with Crippen molar-refractivity contribution in [1.29, 1.82) is 5.26 Å². The lowest BCUT2D eigenvalue weighted by Gasteiger charge is -2.26. The first-order chi connectivity index (χ1) is 11.6. The fourth-order valence-electron chi connectivity index (χ4n) is 2.29. The third-order valence-electron chi connectivity index (χ3n) is 3.33. The molecule has 0 aromatic heterocycles. The number of ether oxygens (including phenoxy) is 1. The van der Waals surface area contributed by atoms with Crippen LogP contribution in [-0.4, -0.2) is 25.0 Å². The number of carbonyl (C=O) groups is 2. The van der Waals surface area contributed by atoms with E-state index >= 15 is 0 Å². The van der Waals surface area contributed by atoms with Gasteiger partial charge >= 0.3 is 5.97 Å². The summed E-state index contributed by atoms with van der Waals surface area (Å²) in [6.07, 6.45) is 6.63. The Morgan fingerprint density at radius 1 is 1.38 bits per heavy atom. The predicted molar refractivity (Wildman–Crippen MR) is 90.4 cm³/mol. The largest absolute Gasteiger partial charge is 0.462 e. The highest BCUT2D eigenvalue weighted by Crippen LogP contribution is 2.32. The highest BCUT2D eigenvalue weighted by atomic mass is 16.5. The zero-order chi connectivity index (χ0) is 17.5. The summed E-state index contributed by atoms with van der Waals surface area (Å²) < 4.78 is 4.83. The lowest BCUT2D eigenvalue weighted by molar-refractivity contribution is -0.138. The molecule has 1 aliphatic rings. The van der Waals surface area contributed by atoms with Crippen LogP contribution in [-0.2, 0) is 14.3 Å². The van der Waals surface area contributed by atoms with Gasteiger partial charge in [-0.2, -0.15) is 5.26 Å². The molecule has 0 saturated carbocycles. The number of nitriles is 1. The molecule has 6 heteroatoms. The van der Waals surface area contributed by atoms with Crippen LogP contribution in [0.15, 0.2) is 54.3 Å². The number of esters is 1. The molecule has 0 saturated heterocycles. The zero-order valence-corrected chi connectivity index (χ0v) is 13.2. The number of benzene rings is 1. The molecule has 1 aliphatic heterocycles. The molecule has 0 unspecified atom stereocenters. The zero-order valence-electron chi connectivity index (χ0n) is 13.2. The summed E-state index contributed by atoms with van der Waals surface area (Å²) in [6.45, 7) is 1.96. The number of allylic oxidation sites excluding steroid dienone is 4. The molecule has 1 heterocycles. The minimum Gasteiger partial charge on any atom is -0.462 e. The molecule has 0 bridgehead atoms. The molecule has 0 spiro atoms. The van der Waals surface area contributed by atoms with E-state index in [9.17, 15) is 9.59 Å². The lowest BCUT2D eigenvalue weighted by Crippen LogP contribution is -2.31. The van der Waals surface area contributed by atoms with E-state index in [0.717, 1.165) is 16.8 Å². The van der Waals surface area contributed by atoms with E-state index in [4.69, 9.17) is 15.7 Å². The van der Waals surface area contributed by atoms with Gasteiger partial charge in [-0.1, -0.05) is 24.3 Å². The highest BCUT2D eigenvalue weighted by Gasteiger charge is 2.17. The Bertz CT molecular complexity index is 785. The SMILES string of the molecule is CCOC(=O)C(C#N)=CC=C1C=CN(CC(N)=O)c2ccccc21. The first kappa shape index (κ1) is 17.0. The minimum absolute atomic E-state index is 0.0723. The van der Waals surface area contributed by atoms with Crippen LogP contribution in [0.4, 0.5) is 5.69 Å². The standard InChI is InChI=1S/C18H17N3O3/c1-2-24-18(23)14(11-19)8-7-13-9-10-21(12-17(20)22)16-6-4-3-5-15(13)16/h3-10H,2,12H2,1H3,(H2,20,22). The lowest BCUT2D eigenvalue weighted by atomic mass is 9.99. The number of amides is 1. The molecule has 24 heavy (non-hydrogen) atoms. The van der Waals surface area contributed by atoms with Gasteiger partial charge in [0.2, 0.25) is 5.91 Å². The van der Waals surface area contributed by atoms with Gasteiger partial charge in [-0.3, -0.25) is 4.79 Å². The molecule has 1 aromatic rings. The molecule has 1 aromatic carbocycles. The second-order valence-corrected chi connectivity index (χ2v) is 4.96. The van der Waals surface area contributed by atoms with E-state index in [1.54, 1.807) is 30.2 Å². The molecule has 1 amide bonds. The Morgan fingerprint density at radius 2 is 2.12 bits per heavy atom. The van der Waals surface area contributed by atoms with Crippen molar-refractivity contribution in [1.82, 2.24) is 0 Å². The molecular weight excluding hydrogens is 306 g/mol. The van der Waals surface area contributed by atoms with Gasteiger partial charge in [0.15, 0.2) is 0 Å². The summed E-state index contributed by atoms with van der Waals surface area (Å²) in [5.41, 5.74) is 7.70. The number of carbonyl (C=O) groups excluding carboxylic acids is 2. The second-order valence-electron chi connectivity index (χ2n) is 4.96. The summed E-state index contributed by atoms with van der Waals surface area (Å²) in [5.74, 6) is -1.09. The van der Waals surface area contributed by atoms with Gasteiger partial charge in [-0.05, 0) is 30.7 Å². The van der Waals surface area contributed by atoms with E-state index < -0.39 is 11.9 Å². The Kier molecular flexibility index (Phi) is 5.53. The third kappa shape index (κ3) is 3.90. The maximum atomic E-state index is 11.6. The van der Waals surface area contributed by atoms with Crippen LogP contribution in [0.25, 0.3) is 5.57 Å².